The maximum absolute atomic E-state index is 5.22. The molecule has 10 aromatic carbocycles. The molecule has 344 valence electrons. The number of para-hydroxylation sites is 4. The number of hydrogen-bond acceptors (Lipinski definition) is 1. The number of pyridine rings is 1. The van der Waals surface area contributed by atoms with Crippen LogP contribution in [-0.2, 0) is 21.1 Å². The first kappa shape index (κ1) is 44.7. The van der Waals surface area contributed by atoms with Crippen LogP contribution in [0, 0.1) is 12.1 Å². The third-order valence-corrected chi connectivity index (χ3v) is 18.6. The van der Waals surface area contributed by atoms with E-state index in [2.05, 4.69) is 293 Å². The normalized spacial score (nSPS) is 11.5. The van der Waals surface area contributed by atoms with Gasteiger partial charge in [0.2, 0.25) is 0 Å². The van der Waals surface area contributed by atoms with E-state index in [9.17, 15) is 0 Å². The molecule has 3 aromatic heterocycles. The van der Waals surface area contributed by atoms with Crippen molar-refractivity contribution in [2.75, 3.05) is 0 Å². The van der Waals surface area contributed by atoms with Crippen molar-refractivity contribution in [3.8, 4) is 50.6 Å². The second-order valence-corrected chi connectivity index (χ2v) is 21.7. The number of imidazole rings is 1. The van der Waals surface area contributed by atoms with Crippen LogP contribution in [0.2, 0.25) is 0 Å². The number of aromatic nitrogens is 4. The summed E-state index contributed by atoms with van der Waals surface area (Å²) in [5.74, 6) is 0.829. The van der Waals surface area contributed by atoms with Crippen molar-refractivity contribution >= 4 is 61.7 Å². The SMILES string of the molecule is [Pt].[c-]1c(-n2[cH+]n(-c3ccccc3)c3ccccc32)cccc1[Si](c1[c-]c2c(cc1)c1ccccc1n2-c1cc(-c2c(-c3ccccc3)cccc2-c2ccccc2)ccn1)(c1ccccc1)c1ccccc1. The fourth-order valence-electron chi connectivity index (χ4n) is 10.8. The zero-order valence-corrected chi connectivity index (χ0v) is 42.4. The van der Waals surface area contributed by atoms with Crippen molar-refractivity contribution < 1.29 is 21.1 Å². The number of hydrogen-bond donors (Lipinski definition) is 0. The third kappa shape index (κ3) is 7.57. The maximum Gasteiger partial charge on any atom is 0.168 e. The molecule has 72 heavy (non-hydrogen) atoms. The maximum atomic E-state index is 5.22. The summed E-state index contributed by atoms with van der Waals surface area (Å²) in [6, 6.07) is 102. The Kier molecular flexibility index (Phi) is 11.8. The Labute approximate surface area is 434 Å². The predicted octanol–water partition coefficient (Wildman–Crippen LogP) is 13.2. The minimum absolute atomic E-state index is 0. The summed E-state index contributed by atoms with van der Waals surface area (Å²) >= 11 is 0. The molecule has 0 aliphatic heterocycles. The molecule has 0 radical (unpaired) electrons. The molecule has 0 saturated carbocycles. The Hall–Kier alpha value is -8.47. The van der Waals surface area contributed by atoms with Gasteiger partial charge in [0.1, 0.15) is 19.6 Å². The average Bonchev–Trinajstić information content (AvgIpc) is 4.01. The van der Waals surface area contributed by atoms with Gasteiger partial charge >= 0.3 is 0 Å². The van der Waals surface area contributed by atoms with E-state index in [1.165, 1.54) is 27.1 Å². The average molecular weight is 1120 g/mol. The first-order valence-corrected chi connectivity index (χ1v) is 26.1. The van der Waals surface area contributed by atoms with E-state index in [-0.39, 0.29) is 21.1 Å². The molecule has 0 N–H and O–H groups in total. The van der Waals surface area contributed by atoms with Gasteiger partial charge in [-0.05, 0) is 79.5 Å². The fraction of sp³-hybridized carbons (Fsp3) is 0. The monoisotopic (exact) mass is 1120 g/mol. The molecule has 0 aliphatic carbocycles. The Bertz CT molecular complexity index is 3940. The first-order valence-electron chi connectivity index (χ1n) is 24.1. The van der Waals surface area contributed by atoms with Crippen LogP contribution in [0.15, 0.2) is 273 Å². The molecule has 13 rings (SSSR count). The van der Waals surface area contributed by atoms with Gasteiger partial charge in [-0.25, -0.2) is 9.55 Å². The molecule has 4 nitrogen and oxygen atoms in total. The summed E-state index contributed by atoms with van der Waals surface area (Å²) in [6.45, 7) is 0. The summed E-state index contributed by atoms with van der Waals surface area (Å²) in [4.78, 5) is 5.22. The topological polar surface area (TPSA) is 27.7 Å². The van der Waals surface area contributed by atoms with Gasteiger partial charge in [0.05, 0.1) is 0 Å². The molecule has 3 heterocycles. The first-order chi connectivity index (χ1) is 35.2. The summed E-state index contributed by atoms with van der Waals surface area (Å²) in [5, 5.41) is 7.05. The van der Waals surface area contributed by atoms with Gasteiger partial charge in [-0.3, -0.25) is 0 Å². The van der Waals surface area contributed by atoms with Gasteiger partial charge in [0.25, 0.3) is 0 Å². The van der Waals surface area contributed by atoms with Crippen LogP contribution in [-0.4, -0.2) is 26.8 Å². The fourth-order valence-corrected chi connectivity index (χ4v) is 15.4. The molecule has 0 amide bonds. The number of nitrogens with zero attached hydrogens (tertiary/aromatic N) is 4. The number of fused-ring (bicyclic) bond motifs is 4. The zero-order chi connectivity index (χ0) is 47.1. The van der Waals surface area contributed by atoms with Crippen LogP contribution < -0.4 is 20.7 Å². The van der Waals surface area contributed by atoms with Crippen LogP contribution in [0.4, 0.5) is 0 Å². The zero-order valence-electron chi connectivity index (χ0n) is 39.1. The van der Waals surface area contributed by atoms with Gasteiger partial charge < -0.3 is 4.57 Å². The number of rotatable bonds is 10. The molecular weight excluding hydrogens is 1070 g/mol. The van der Waals surface area contributed by atoms with Crippen LogP contribution in [0.1, 0.15) is 0 Å². The molecule has 0 bridgehead atoms. The molecule has 0 saturated heterocycles. The summed E-state index contributed by atoms with van der Waals surface area (Å²) in [5.41, 5.74) is 13.3. The largest absolute Gasteiger partial charge is 0.319 e. The van der Waals surface area contributed by atoms with Gasteiger partial charge in [-0.15, -0.1) is 17.5 Å². The predicted molar refractivity (Wildman–Crippen MR) is 297 cm³/mol. The van der Waals surface area contributed by atoms with E-state index in [1.807, 2.05) is 6.20 Å². The molecule has 13 aromatic rings. The van der Waals surface area contributed by atoms with E-state index >= 15 is 0 Å². The molecule has 0 spiro atoms. The Morgan fingerprint density at radius 2 is 0.931 bits per heavy atom. The van der Waals surface area contributed by atoms with Gasteiger partial charge in [0.15, 0.2) is 17.4 Å². The molecule has 6 heteroatoms. The Balaban J connectivity index is 0.00000530. The van der Waals surface area contributed by atoms with Gasteiger partial charge in [0, 0.05) is 50.6 Å². The number of benzene rings is 10. The summed E-state index contributed by atoms with van der Waals surface area (Å²) in [7, 11) is -3.20. The third-order valence-electron chi connectivity index (χ3n) is 14.0. The van der Waals surface area contributed by atoms with Crippen LogP contribution in [0.5, 0.6) is 0 Å². The quantitative estimate of drug-likeness (QED) is 0.0762. The van der Waals surface area contributed by atoms with E-state index < -0.39 is 8.07 Å². The molecule has 0 fully saturated rings. The standard InChI is InChI=1S/C66H45N4Si.Pt/c1-6-22-48(23-7-1)57-35-21-36-58(49-24-8-2-9-25-49)66(57)50-42-43-67-65(44-50)70-61-37-17-16-34-59(61)60-41-40-56(46-64(60)70)71(53-29-12-4-13-30-53,54-31-14-5-15-32-54)55-33-20-28-52(45-55)69-47-68(51-26-10-3-11-27-51)62-38-18-19-39-63(62)69;/h1-44,47H;/q-1;. The van der Waals surface area contributed by atoms with Crippen molar-refractivity contribution in [1.82, 2.24) is 18.7 Å². The van der Waals surface area contributed by atoms with Crippen molar-refractivity contribution in [2.24, 2.45) is 0 Å². The van der Waals surface area contributed by atoms with Crippen LogP contribution in [0.25, 0.3) is 83.4 Å². The molecule has 0 aliphatic rings. The second-order valence-electron chi connectivity index (χ2n) is 18.0. The molecular formula is C66H45N4PtSi-. The van der Waals surface area contributed by atoms with Crippen molar-refractivity contribution in [3.05, 3.63) is 286 Å². The van der Waals surface area contributed by atoms with Crippen LogP contribution in [0.3, 0.4) is 0 Å². The van der Waals surface area contributed by atoms with E-state index in [1.54, 1.807) is 0 Å². The second kappa shape index (κ2) is 19.0. The van der Waals surface area contributed by atoms with Gasteiger partial charge in [-0.2, -0.15) is 45.3 Å². The smallest absolute Gasteiger partial charge is 0.168 e. The van der Waals surface area contributed by atoms with Crippen LogP contribution >= 0.6 is 0 Å². The summed E-state index contributed by atoms with van der Waals surface area (Å²) < 4.78 is 6.87. The van der Waals surface area contributed by atoms with E-state index in [4.69, 9.17) is 4.98 Å². The summed E-state index contributed by atoms with van der Waals surface area (Å²) in [6.07, 6.45) is 4.16. The molecule has 0 unspecified atom stereocenters. The molecule has 0 atom stereocenters. The van der Waals surface area contributed by atoms with E-state index in [0.717, 1.165) is 77.1 Å². The van der Waals surface area contributed by atoms with Crippen molar-refractivity contribution in [2.45, 2.75) is 0 Å². The van der Waals surface area contributed by atoms with E-state index in [0.29, 0.717) is 0 Å². The van der Waals surface area contributed by atoms with Crippen molar-refractivity contribution in [1.29, 1.82) is 0 Å². The Morgan fingerprint density at radius 1 is 0.403 bits per heavy atom. The van der Waals surface area contributed by atoms with Gasteiger partial charge in [-0.1, -0.05) is 194 Å². The van der Waals surface area contributed by atoms with Crippen molar-refractivity contribution in [3.63, 3.8) is 0 Å². The minimum Gasteiger partial charge on any atom is -0.319 e. The minimum atomic E-state index is -3.20. The Morgan fingerprint density at radius 3 is 1.57 bits per heavy atom.